The summed E-state index contributed by atoms with van der Waals surface area (Å²) in [6.07, 6.45) is 0. The number of furan rings is 1. The van der Waals surface area contributed by atoms with Gasteiger partial charge in [0.2, 0.25) is 0 Å². The number of fused-ring (bicyclic) bond motifs is 8. The molecule has 10 aromatic rings. The lowest BCUT2D eigenvalue weighted by atomic mass is 9.85. The number of hydrogen-bond donors (Lipinski definition) is 0. The minimum Gasteiger partial charge on any atom is -0.455 e. The van der Waals surface area contributed by atoms with E-state index in [0.717, 1.165) is 0 Å². The molecule has 0 unspecified atom stereocenters. The quantitative estimate of drug-likeness (QED) is 0.180. The zero-order valence-electron chi connectivity index (χ0n) is 44.9. The molecule has 0 saturated carbocycles. The van der Waals surface area contributed by atoms with E-state index < -0.39 is 138 Å². The van der Waals surface area contributed by atoms with Crippen LogP contribution in [0, 0.1) is 0 Å². The zero-order valence-corrected chi connectivity index (χ0v) is 23.9. The van der Waals surface area contributed by atoms with E-state index in [1.807, 2.05) is 0 Å². The van der Waals surface area contributed by atoms with Gasteiger partial charge >= 0.3 is 0 Å². The highest BCUT2D eigenvalue weighted by molar-refractivity contribution is 6.23. The maximum Gasteiger partial charge on any atom is 0.143 e. The summed E-state index contributed by atoms with van der Waals surface area (Å²) >= 11 is 0. The second-order valence-electron chi connectivity index (χ2n) is 10.8. The van der Waals surface area contributed by atoms with Crippen molar-refractivity contribution in [2.45, 2.75) is 0 Å². The highest BCUT2D eigenvalue weighted by atomic mass is 16.3. The Bertz CT molecular complexity index is 3930. The van der Waals surface area contributed by atoms with Gasteiger partial charge in [-0.25, -0.2) is 0 Å². The van der Waals surface area contributed by atoms with E-state index in [-0.39, 0.29) is 70.9 Å². The summed E-state index contributed by atoms with van der Waals surface area (Å²) in [6, 6.07) is -2.35. The molecule has 0 N–H and O–H groups in total. The molecule has 0 fully saturated rings. The lowest BCUT2D eigenvalue weighted by Gasteiger charge is -2.18. The van der Waals surface area contributed by atoms with Crippen molar-refractivity contribution in [3.05, 3.63) is 169 Å². The molecular weight excluding hydrogens is 569 g/mol. The van der Waals surface area contributed by atoms with Crippen LogP contribution in [0.2, 0.25) is 0 Å². The fourth-order valence-corrected chi connectivity index (χ4v) is 6.49. The van der Waals surface area contributed by atoms with Gasteiger partial charge in [-0.1, -0.05) is 151 Å². The van der Waals surface area contributed by atoms with Crippen molar-refractivity contribution < 1.29 is 33.2 Å². The van der Waals surface area contributed by atoms with Crippen LogP contribution < -0.4 is 0 Å². The second kappa shape index (κ2) is 10.2. The van der Waals surface area contributed by atoms with Crippen LogP contribution in [0.1, 0.15) is 28.8 Å². The minimum atomic E-state index is -0.786. The van der Waals surface area contributed by atoms with Gasteiger partial charge in [-0.2, -0.15) is 0 Å². The summed E-state index contributed by atoms with van der Waals surface area (Å²) in [5, 5.41) is -0.322. The number of benzene rings is 9. The van der Waals surface area contributed by atoms with Gasteiger partial charge in [0.05, 0.1) is 28.8 Å². The number of hydrogen-bond acceptors (Lipinski definition) is 1. The molecular formula is C46H28O. The van der Waals surface area contributed by atoms with Crippen LogP contribution >= 0.6 is 0 Å². The third-order valence-electron chi connectivity index (χ3n) is 8.43. The predicted molar refractivity (Wildman–Crippen MR) is 200 cm³/mol. The van der Waals surface area contributed by atoms with E-state index in [4.69, 9.17) is 27.7 Å². The van der Waals surface area contributed by atoms with Crippen molar-refractivity contribution in [1.29, 1.82) is 0 Å². The Morgan fingerprint density at radius 3 is 1.66 bits per heavy atom. The van der Waals surface area contributed by atoms with E-state index in [9.17, 15) is 5.48 Å². The van der Waals surface area contributed by atoms with Crippen molar-refractivity contribution in [2.24, 2.45) is 0 Å². The Kier molecular flexibility index (Phi) is 2.79. The molecule has 218 valence electrons. The van der Waals surface area contributed by atoms with Crippen molar-refractivity contribution in [2.75, 3.05) is 0 Å². The van der Waals surface area contributed by atoms with E-state index in [2.05, 4.69) is 0 Å². The third kappa shape index (κ3) is 3.90. The molecule has 10 rings (SSSR count). The molecule has 0 amide bonds. The van der Waals surface area contributed by atoms with Gasteiger partial charge in [-0.05, 0) is 89.3 Å². The van der Waals surface area contributed by atoms with E-state index >= 15 is 0 Å². The van der Waals surface area contributed by atoms with Crippen molar-refractivity contribution in [1.82, 2.24) is 0 Å². The first-order valence-electron chi connectivity index (χ1n) is 25.0. The van der Waals surface area contributed by atoms with Gasteiger partial charge in [0.1, 0.15) is 11.2 Å². The highest BCUT2D eigenvalue weighted by Crippen LogP contribution is 2.45. The summed E-state index contributed by atoms with van der Waals surface area (Å²) < 4.78 is 191. The van der Waals surface area contributed by atoms with Crippen LogP contribution in [0.4, 0.5) is 0 Å². The molecule has 0 spiro atoms. The maximum absolute atomic E-state index is 9.32. The minimum absolute atomic E-state index is 0.0102. The first-order chi connectivity index (χ1) is 32.0. The van der Waals surface area contributed by atoms with Gasteiger partial charge in [0, 0.05) is 16.2 Å². The van der Waals surface area contributed by atoms with Gasteiger partial charge in [-0.15, -0.1) is 0 Å². The maximum atomic E-state index is 9.32. The predicted octanol–water partition coefficient (Wildman–Crippen LogP) is 13.2. The summed E-state index contributed by atoms with van der Waals surface area (Å²) in [5.41, 5.74) is -0.553. The molecule has 0 bridgehead atoms. The largest absolute Gasteiger partial charge is 0.455 e. The Hall–Kier alpha value is -6.18. The van der Waals surface area contributed by atoms with Crippen molar-refractivity contribution >= 4 is 65.0 Å². The van der Waals surface area contributed by atoms with Gasteiger partial charge in [-0.3, -0.25) is 0 Å². The van der Waals surface area contributed by atoms with Crippen molar-refractivity contribution in [3.8, 4) is 33.4 Å². The SMILES string of the molecule is [2H]c1c([2H])c([2H])c(-c2c3c([2H])c([2H])c([2H])c([2H])c3c(-c3ccc4c(-c5cc6c(oc7c([2H])c([2H])c([2H])c([2H])c76)c6c([2H])c([2H])c([2H])c([2H])c56)cccc4c3)c3c([2H])c([2H])c([2H])c([2H])c23)c([2H])c1[2H]. The first-order valence-corrected chi connectivity index (χ1v) is 14.5. The van der Waals surface area contributed by atoms with Crippen LogP contribution in [-0.2, 0) is 0 Å². The standard InChI is InChI=1S/C46H28O/c1-2-13-29(14-3-1)44-36-18-5-7-20-38(36)45(39-21-8-6-19-37(39)44)31-25-26-32-30(27-31)15-12-23-33(32)41-28-42-35-17-10-11-24-43(35)47-46(42)40-22-9-4-16-34(40)41/h1-28H/i1D,2D,3D,4D,5D,6D,7D,8D,9D,10D,11D,13D,14D,16D,17D,18D,19D,20D,21D,22D,24D. The monoisotopic (exact) mass is 617 g/mol. The summed E-state index contributed by atoms with van der Waals surface area (Å²) in [4.78, 5) is 0. The van der Waals surface area contributed by atoms with Crippen LogP contribution in [0.3, 0.4) is 0 Å². The fraction of sp³-hybridized carbons (Fsp3) is 0. The van der Waals surface area contributed by atoms with E-state index in [1.54, 1.807) is 36.4 Å². The summed E-state index contributed by atoms with van der Waals surface area (Å²) in [6.45, 7) is 0. The first kappa shape index (κ1) is 12.9. The molecule has 47 heavy (non-hydrogen) atoms. The molecule has 0 saturated heterocycles. The number of rotatable bonds is 3. The van der Waals surface area contributed by atoms with Crippen LogP contribution in [0.5, 0.6) is 0 Å². The summed E-state index contributed by atoms with van der Waals surface area (Å²) in [7, 11) is 0. The Morgan fingerprint density at radius 2 is 0.957 bits per heavy atom. The van der Waals surface area contributed by atoms with Crippen LogP contribution in [0.25, 0.3) is 98.4 Å². The lowest BCUT2D eigenvalue weighted by Crippen LogP contribution is -1.91. The molecule has 9 aromatic carbocycles. The third-order valence-corrected chi connectivity index (χ3v) is 8.43. The molecule has 0 radical (unpaired) electrons. The lowest BCUT2D eigenvalue weighted by molar-refractivity contribution is 0.672. The molecule has 1 aromatic heterocycles. The molecule has 0 aliphatic heterocycles. The molecule has 1 heterocycles. The molecule has 1 heteroatoms. The Morgan fingerprint density at radius 1 is 0.383 bits per heavy atom. The molecule has 0 aliphatic carbocycles. The molecule has 0 atom stereocenters. The fourth-order valence-electron chi connectivity index (χ4n) is 6.49. The Balaban J connectivity index is 1.37. The Labute approximate surface area is 301 Å². The van der Waals surface area contributed by atoms with E-state index in [0.29, 0.717) is 16.3 Å². The zero-order chi connectivity index (χ0) is 49.2. The normalized spacial score (nSPS) is 18.1. The topological polar surface area (TPSA) is 13.1 Å². The summed E-state index contributed by atoms with van der Waals surface area (Å²) in [5.74, 6) is 0. The van der Waals surface area contributed by atoms with Gasteiger partial charge in [0.25, 0.3) is 0 Å². The molecule has 1 nitrogen and oxygen atoms in total. The van der Waals surface area contributed by atoms with Crippen LogP contribution in [-0.4, -0.2) is 0 Å². The molecule has 0 aliphatic rings. The highest BCUT2D eigenvalue weighted by Gasteiger charge is 2.19. The van der Waals surface area contributed by atoms with E-state index in [1.165, 1.54) is 6.07 Å². The van der Waals surface area contributed by atoms with Gasteiger partial charge in [0.15, 0.2) is 0 Å². The number of para-hydroxylation sites is 1. The van der Waals surface area contributed by atoms with Crippen LogP contribution in [0.15, 0.2) is 174 Å². The smallest absolute Gasteiger partial charge is 0.143 e. The average molecular weight is 618 g/mol. The second-order valence-corrected chi connectivity index (χ2v) is 10.8. The van der Waals surface area contributed by atoms with Gasteiger partial charge < -0.3 is 4.42 Å². The van der Waals surface area contributed by atoms with Crippen molar-refractivity contribution in [3.63, 3.8) is 0 Å². The average Bonchev–Trinajstić information content (AvgIpc) is 3.72.